The zero-order valence-electron chi connectivity index (χ0n) is 18.9. The highest BCUT2D eigenvalue weighted by Gasteiger charge is 2.24. The van der Waals surface area contributed by atoms with Gasteiger partial charge in [0.1, 0.15) is 11.3 Å². The van der Waals surface area contributed by atoms with Crippen molar-refractivity contribution in [2.24, 2.45) is 0 Å². The van der Waals surface area contributed by atoms with E-state index < -0.39 is 0 Å². The van der Waals surface area contributed by atoms with Crippen molar-refractivity contribution in [3.63, 3.8) is 0 Å². The molecule has 1 unspecified atom stereocenters. The van der Waals surface area contributed by atoms with Crippen molar-refractivity contribution < 1.29 is 13.9 Å². The van der Waals surface area contributed by atoms with Gasteiger partial charge in [0.15, 0.2) is 11.2 Å². The number of amides is 1. The standard InChI is InChI=1S/C26H30N2O4/c1-17-7-12-21-23(29)15-24(32-25(21)18(17)2)26(30)27-16-22(28-13-5-4-6-14-28)19-8-10-20(31-3)11-9-19/h7-12,15,22H,4-6,13-14,16H2,1-3H3,(H,27,30). The monoisotopic (exact) mass is 434 g/mol. The van der Waals surface area contributed by atoms with E-state index in [1.54, 1.807) is 13.2 Å². The zero-order valence-corrected chi connectivity index (χ0v) is 18.9. The van der Waals surface area contributed by atoms with Crippen LogP contribution in [-0.4, -0.2) is 37.6 Å². The van der Waals surface area contributed by atoms with Crippen LogP contribution in [0.25, 0.3) is 11.0 Å². The number of methoxy groups -OCH3 is 1. The van der Waals surface area contributed by atoms with Crippen LogP contribution in [0.15, 0.2) is 51.7 Å². The third-order valence-electron chi connectivity index (χ3n) is 6.43. The second kappa shape index (κ2) is 9.57. The fourth-order valence-corrected chi connectivity index (χ4v) is 4.35. The van der Waals surface area contributed by atoms with Crippen LogP contribution < -0.4 is 15.5 Å². The van der Waals surface area contributed by atoms with Crippen molar-refractivity contribution in [2.75, 3.05) is 26.7 Å². The summed E-state index contributed by atoms with van der Waals surface area (Å²) in [4.78, 5) is 28.0. The normalized spacial score (nSPS) is 15.5. The summed E-state index contributed by atoms with van der Waals surface area (Å²) in [5.74, 6) is 0.475. The fourth-order valence-electron chi connectivity index (χ4n) is 4.35. The highest BCUT2D eigenvalue weighted by molar-refractivity contribution is 5.93. The first-order valence-electron chi connectivity index (χ1n) is 11.2. The Kier molecular flexibility index (Phi) is 6.61. The van der Waals surface area contributed by atoms with E-state index in [9.17, 15) is 9.59 Å². The molecule has 1 amide bonds. The van der Waals surface area contributed by atoms with Gasteiger partial charge in [-0.05, 0) is 74.7 Å². The number of hydrogen-bond acceptors (Lipinski definition) is 5. The van der Waals surface area contributed by atoms with Gasteiger partial charge in [0, 0.05) is 12.6 Å². The van der Waals surface area contributed by atoms with Crippen LogP contribution in [0.5, 0.6) is 5.75 Å². The number of ether oxygens (including phenoxy) is 1. The van der Waals surface area contributed by atoms with Crippen molar-refractivity contribution in [2.45, 2.75) is 39.2 Å². The predicted molar refractivity (Wildman–Crippen MR) is 125 cm³/mol. The minimum Gasteiger partial charge on any atom is -0.497 e. The molecule has 32 heavy (non-hydrogen) atoms. The number of benzene rings is 2. The molecule has 6 heteroatoms. The minimum absolute atomic E-state index is 0.0429. The third kappa shape index (κ3) is 4.55. The molecule has 1 aliphatic rings. The number of piperidine rings is 1. The summed E-state index contributed by atoms with van der Waals surface area (Å²) in [6, 6.07) is 13.0. The maximum Gasteiger partial charge on any atom is 0.287 e. The lowest BCUT2D eigenvalue weighted by atomic mass is 10.0. The molecule has 2 aromatic carbocycles. The Labute approximate surface area is 188 Å². The average Bonchev–Trinajstić information content (AvgIpc) is 2.82. The van der Waals surface area contributed by atoms with E-state index in [-0.39, 0.29) is 23.1 Å². The average molecular weight is 435 g/mol. The molecule has 1 aliphatic heterocycles. The van der Waals surface area contributed by atoms with Gasteiger partial charge in [0.2, 0.25) is 0 Å². The summed E-state index contributed by atoms with van der Waals surface area (Å²) in [5, 5.41) is 3.50. The maximum absolute atomic E-state index is 13.0. The zero-order chi connectivity index (χ0) is 22.7. The number of nitrogens with zero attached hydrogens (tertiary/aromatic N) is 1. The number of aryl methyl sites for hydroxylation is 2. The predicted octanol–water partition coefficient (Wildman–Crippen LogP) is 4.38. The molecule has 3 aromatic rings. The lowest BCUT2D eigenvalue weighted by Crippen LogP contribution is -2.40. The van der Waals surface area contributed by atoms with Gasteiger partial charge in [-0.25, -0.2) is 0 Å². The smallest absolute Gasteiger partial charge is 0.287 e. The lowest BCUT2D eigenvalue weighted by Gasteiger charge is -2.35. The summed E-state index contributed by atoms with van der Waals surface area (Å²) in [5.41, 5.74) is 3.29. The number of likely N-dealkylation sites (tertiary alicyclic amines) is 1. The Morgan fingerprint density at radius 2 is 1.81 bits per heavy atom. The van der Waals surface area contributed by atoms with Crippen LogP contribution in [0.4, 0.5) is 0 Å². The van der Waals surface area contributed by atoms with E-state index in [0.717, 1.165) is 48.4 Å². The number of hydrogen-bond donors (Lipinski definition) is 1. The molecule has 2 heterocycles. The van der Waals surface area contributed by atoms with E-state index in [2.05, 4.69) is 10.2 Å². The molecule has 0 aliphatic carbocycles. The van der Waals surface area contributed by atoms with Crippen molar-refractivity contribution >= 4 is 16.9 Å². The molecular weight excluding hydrogens is 404 g/mol. The first-order valence-corrected chi connectivity index (χ1v) is 11.2. The Bertz CT molecular complexity index is 1160. The number of fused-ring (bicyclic) bond motifs is 1. The van der Waals surface area contributed by atoms with Crippen molar-refractivity contribution in [1.29, 1.82) is 0 Å². The summed E-state index contributed by atoms with van der Waals surface area (Å²) in [6.45, 7) is 6.28. The Balaban J connectivity index is 1.57. The summed E-state index contributed by atoms with van der Waals surface area (Å²) in [6.07, 6.45) is 3.54. The number of rotatable bonds is 6. The van der Waals surface area contributed by atoms with E-state index in [1.165, 1.54) is 12.5 Å². The molecule has 168 valence electrons. The molecule has 0 spiro atoms. The largest absolute Gasteiger partial charge is 0.497 e. The quantitative estimate of drug-likeness (QED) is 0.624. The van der Waals surface area contributed by atoms with E-state index in [4.69, 9.17) is 9.15 Å². The SMILES string of the molecule is COc1ccc(C(CNC(=O)c2cc(=O)c3ccc(C)c(C)c3o2)N2CCCCC2)cc1. The van der Waals surface area contributed by atoms with Crippen molar-refractivity contribution in [3.8, 4) is 5.75 Å². The van der Waals surface area contributed by atoms with Crippen molar-refractivity contribution in [1.82, 2.24) is 10.2 Å². The van der Waals surface area contributed by atoms with Crippen LogP contribution in [0, 0.1) is 13.8 Å². The summed E-state index contributed by atoms with van der Waals surface area (Å²) < 4.78 is 11.2. The highest BCUT2D eigenvalue weighted by atomic mass is 16.5. The first-order chi connectivity index (χ1) is 15.5. The van der Waals surface area contributed by atoms with Gasteiger partial charge in [-0.2, -0.15) is 0 Å². The second-order valence-electron chi connectivity index (χ2n) is 8.45. The van der Waals surface area contributed by atoms with Gasteiger partial charge in [0.25, 0.3) is 5.91 Å². The van der Waals surface area contributed by atoms with Gasteiger partial charge in [-0.3, -0.25) is 14.5 Å². The minimum atomic E-state index is -0.375. The third-order valence-corrected chi connectivity index (χ3v) is 6.43. The molecule has 0 saturated carbocycles. The number of carbonyl (C=O) groups is 1. The van der Waals surface area contributed by atoms with Crippen LogP contribution in [0.2, 0.25) is 0 Å². The molecule has 1 fully saturated rings. The fraction of sp³-hybridized carbons (Fsp3) is 0.385. The summed E-state index contributed by atoms with van der Waals surface area (Å²) in [7, 11) is 1.65. The molecule has 1 N–H and O–H groups in total. The maximum atomic E-state index is 13.0. The van der Waals surface area contributed by atoms with Gasteiger partial charge >= 0.3 is 0 Å². The number of nitrogens with one attached hydrogen (secondary N) is 1. The Hall–Kier alpha value is -3.12. The van der Waals surface area contributed by atoms with Crippen LogP contribution in [0.1, 0.15) is 52.5 Å². The molecule has 1 aromatic heterocycles. The van der Waals surface area contributed by atoms with E-state index >= 15 is 0 Å². The molecule has 4 rings (SSSR count). The number of carbonyl (C=O) groups excluding carboxylic acids is 1. The van der Waals surface area contributed by atoms with Crippen LogP contribution >= 0.6 is 0 Å². The molecule has 0 radical (unpaired) electrons. The van der Waals surface area contributed by atoms with Gasteiger partial charge in [-0.1, -0.05) is 24.6 Å². The Morgan fingerprint density at radius 3 is 2.50 bits per heavy atom. The first kappa shape index (κ1) is 22.1. The van der Waals surface area contributed by atoms with Crippen LogP contribution in [-0.2, 0) is 0 Å². The molecule has 1 atom stereocenters. The second-order valence-corrected chi connectivity index (χ2v) is 8.45. The van der Waals surface area contributed by atoms with E-state index in [1.807, 2.05) is 44.2 Å². The lowest BCUT2D eigenvalue weighted by molar-refractivity contribution is 0.0897. The van der Waals surface area contributed by atoms with Gasteiger partial charge < -0.3 is 14.5 Å². The topological polar surface area (TPSA) is 71.8 Å². The molecular formula is C26H30N2O4. The summed E-state index contributed by atoms with van der Waals surface area (Å²) >= 11 is 0. The molecule has 0 bridgehead atoms. The van der Waals surface area contributed by atoms with Gasteiger partial charge in [-0.15, -0.1) is 0 Å². The van der Waals surface area contributed by atoms with E-state index in [0.29, 0.717) is 17.5 Å². The highest BCUT2D eigenvalue weighted by Crippen LogP contribution is 2.26. The molecule has 1 saturated heterocycles. The van der Waals surface area contributed by atoms with Crippen LogP contribution in [0.3, 0.4) is 0 Å². The molecule has 6 nitrogen and oxygen atoms in total. The Morgan fingerprint density at radius 1 is 1.09 bits per heavy atom. The van der Waals surface area contributed by atoms with Gasteiger partial charge in [0.05, 0.1) is 18.5 Å². The van der Waals surface area contributed by atoms with Crippen molar-refractivity contribution in [3.05, 3.63) is 75.1 Å².